The van der Waals surface area contributed by atoms with E-state index in [-0.39, 0.29) is 24.0 Å². The highest BCUT2D eigenvalue weighted by Crippen LogP contribution is 2.25. The molecule has 1 aromatic rings. The first kappa shape index (κ1) is 22.3. The highest BCUT2D eigenvalue weighted by molar-refractivity contribution is 5.98. The Hall–Kier alpha value is -2.04. The highest BCUT2D eigenvalue weighted by Gasteiger charge is 2.17. The number of Topliss-reactive ketones (excluding diaryl/α,β-unsaturated/α-hetero) is 1. The molecule has 28 heavy (non-hydrogen) atoms. The van der Waals surface area contributed by atoms with Crippen LogP contribution in [0.25, 0.3) is 0 Å². The van der Waals surface area contributed by atoms with Crippen molar-refractivity contribution in [2.24, 2.45) is 0 Å². The Kier molecular flexibility index (Phi) is 9.87. The fourth-order valence-electron chi connectivity index (χ4n) is 3.59. The molecule has 0 bridgehead atoms. The summed E-state index contributed by atoms with van der Waals surface area (Å²) in [6, 6.07) is 4.68. The largest absolute Gasteiger partial charge is 0.507 e. The lowest BCUT2D eigenvalue weighted by Gasteiger charge is -2.26. The summed E-state index contributed by atoms with van der Waals surface area (Å²) >= 11 is 0. The number of ketones is 1. The molecule has 1 saturated heterocycles. The van der Waals surface area contributed by atoms with E-state index < -0.39 is 0 Å². The average molecular weight is 390 g/mol. The van der Waals surface area contributed by atoms with Crippen molar-refractivity contribution in [3.8, 4) is 11.5 Å². The van der Waals surface area contributed by atoms with Gasteiger partial charge in [-0.15, -0.1) is 0 Å². The maximum Gasteiger partial charge on any atom is 0.260 e. The van der Waals surface area contributed by atoms with Gasteiger partial charge in [0.05, 0.1) is 5.56 Å². The number of nitrogens with zero attached hydrogens (tertiary/aromatic N) is 1. The first-order valence-corrected chi connectivity index (χ1v) is 10.9. The second kappa shape index (κ2) is 12.4. The monoisotopic (exact) mass is 389 g/mol. The van der Waals surface area contributed by atoms with Gasteiger partial charge < -0.3 is 14.7 Å². The molecule has 1 N–H and O–H groups in total. The molecule has 0 unspecified atom stereocenters. The molecule has 1 amide bonds. The fraction of sp³-hybridized carbons (Fsp3) is 0.652. The third-order valence-electron chi connectivity index (χ3n) is 5.35. The number of likely N-dealkylation sites (tertiary alicyclic amines) is 1. The molecule has 0 saturated carbocycles. The van der Waals surface area contributed by atoms with Crippen LogP contribution in [0, 0.1) is 0 Å². The van der Waals surface area contributed by atoms with Crippen molar-refractivity contribution < 1.29 is 19.4 Å². The van der Waals surface area contributed by atoms with E-state index in [2.05, 4.69) is 6.92 Å². The van der Waals surface area contributed by atoms with Crippen molar-refractivity contribution >= 4 is 11.7 Å². The number of hydrogen-bond acceptors (Lipinski definition) is 4. The summed E-state index contributed by atoms with van der Waals surface area (Å²) in [5.74, 6) is 0.270. The summed E-state index contributed by atoms with van der Waals surface area (Å²) < 4.78 is 5.52. The van der Waals surface area contributed by atoms with Crippen LogP contribution in [-0.2, 0) is 4.79 Å². The smallest absolute Gasteiger partial charge is 0.260 e. The SMILES string of the molecule is CCCCCCCCCC(=O)c1ccc(OCC(=O)N2CCCCC2)cc1O. The Labute approximate surface area is 169 Å². The van der Waals surface area contributed by atoms with Crippen LogP contribution in [0.1, 0.15) is 87.9 Å². The quantitative estimate of drug-likeness (QED) is 0.399. The predicted molar refractivity (Wildman–Crippen MR) is 111 cm³/mol. The van der Waals surface area contributed by atoms with Crippen molar-refractivity contribution in [3.63, 3.8) is 0 Å². The van der Waals surface area contributed by atoms with Crippen LogP contribution in [0.2, 0.25) is 0 Å². The van der Waals surface area contributed by atoms with Crippen LogP contribution in [0.15, 0.2) is 18.2 Å². The molecule has 156 valence electrons. The molecule has 2 rings (SSSR count). The number of amides is 1. The molecule has 0 radical (unpaired) electrons. The van der Waals surface area contributed by atoms with E-state index in [1.165, 1.54) is 38.2 Å². The molecule has 5 nitrogen and oxygen atoms in total. The number of carbonyl (C=O) groups is 2. The number of carbonyl (C=O) groups excluding carboxylic acids is 2. The molecule has 0 aliphatic carbocycles. The number of rotatable bonds is 12. The fourth-order valence-corrected chi connectivity index (χ4v) is 3.59. The zero-order chi connectivity index (χ0) is 20.2. The second-order valence-electron chi connectivity index (χ2n) is 7.70. The average Bonchev–Trinajstić information content (AvgIpc) is 2.72. The van der Waals surface area contributed by atoms with Crippen LogP contribution in [0.3, 0.4) is 0 Å². The summed E-state index contributed by atoms with van der Waals surface area (Å²) in [6.07, 6.45) is 11.8. The van der Waals surface area contributed by atoms with Gasteiger partial charge in [0.15, 0.2) is 12.4 Å². The Morgan fingerprint density at radius 3 is 2.36 bits per heavy atom. The third-order valence-corrected chi connectivity index (χ3v) is 5.35. The predicted octanol–water partition coefficient (Wildman–Crippen LogP) is 5.11. The third kappa shape index (κ3) is 7.53. The van der Waals surface area contributed by atoms with Crippen molar-refractivity contribution in [2.75, 3.05) is 19.7 Å². The number of unbranched alkanes of at least 4 members (excludes halogenated alkanes) is 6. The highest BCUT2D eigenvalue weighted by atomic mass is 16.5. The number of aromatic hydroxyl groups is 1. The van der Waals surface area contributed by atoms with Gasteiger partial charge in [-0.3, -0.25) is 9.59 Å². The zero-order valence-electron chi connectivity index (χ0n) is 17.3. The standard InChI is InChI=1S/C23H35NO4/c1-2-3-4-5-6-7-9-12-21(25)20-14-13-19(17-22(20)26)28-18-23(27)24-15-10-8-11-16-24/h13-14,17,26H,2-12,15-16,18H2,1H3. The van der Waals surface area contributed by atoms with E-state index in [4.69, 9.17) is 4.74 Å². The second-order valence-corrected chi connectivity index (χ2v) is 7.70. The molecule has 1 fully saturated rings. The van der Waals surface area contributed by atoms with Gasteiger partial charge in [-0.2, -0.15) is 0 Å². The van der Waals surface area contributed by atoms with Crippen molar-refractivity contribution in [3.05, 3.63) is 23.8 Å². The van der Waals surface area contributed by atoms with Gasteiger partial charge >= 0.3 is 0 Å². The van der Waals surface area contributed by atoms with Gasteiger partial charge in [0.25, 0.3) is 5.91 Å². The van der Waals surface area contributed by atoms with Gasteiger partial charge in [-0.1, -0.05) is 45.4 Å². The van der Waals surface area contributed by atoms with E-state index in [1.807, 2.05) is 4.90 Å². The molecule has 1 aliphatic rings. The first-order chi connectivity index (χ1) is 13.6. The normalized spacial score (nSPS) is 14.1. The van der Waals surface area contributed by atoms with Crippen LogP contribution in [0.4, 0.5) is 0 Å². The lowest BCUT2D eigenvalue weighted by molar-refractivity contribution is -0.134. The van der Waals surface area contributed by atoms with Crippen LogP contribution in [0.5, 0.6) is 11.5 Å². The number of hydrogen-bond donors (Lipinski definition) is 1. The van der Waals surface area contributed by atoms with Crippen molar-refractivity contribution in [1.82, 2.24) is 4.90 Å². The summed E-state index contributed by atoms with van der Waals surface area (Å²) in [5.41, 5.74) is 0.334. The minimum absolute atomic E-state index is 0.0294. The van der Waals surface area contributed by atoms with Crippen LogP contribution >= 0.6 is 0 Å². The molecule has 1 aromatic carbocycles. The van der Waals surface area contributed by atoms with E-state index in [0.29, 0.717) is 17.7 Å². The van der Waals surface area contributed by atoms with E-state index in [1.54, 1.807) is 12.1 Å². The molecular weight excluding hydrogens is 354 g/mol. The minimum atomic E-state index is -0.0733. The molecule has 0 atom stereocenters. The van der Waals surface area contributed by atoms with Crippen molar-refractivity contribution in [2.45, 2.75) is 77.6 Å². The van der Waals surface area contributed by atoms with E-state index in [0.717, 1.165) is 45.2 Å². The Morgan fingerprint density at radius 2 is 1.68 bits per heavy atom. The Morgan fingerprint density at radius 1 is 1.00 bits per heavy atom. The number of ether oxygens (including phenoxy) is 1. The molecule has 0 spiro atoms. The van der Waals surface area contributed by atoms with E-state index >= 15 is 0 Å². The molecule has 0 aromatic heterocycles. The summed E-state index contributed by atoms with van der Waals surface area (Å²) in [7, 11) is 0. The number of phenolic OH excluding ortho intramolecular Hbond substituents is 1. The molecule has 1 aliphatic heterocycles. The van der Waals surface area contributed by atoms with Crippen LogP contribution < -0.4 is 4.74 Å². The van der Waals surface area contributed by atoms with Crippen molar-refractivity contribution in [1.29, 1.82) is 0 Å². The number of phenols is 1. The number of benzene rings is 1. The van der Waals surface area contributed by atoms with Gasteiger partial charge in [0, 0.05) is 25.6 Å². The van der Waals surface area contributed by atoms with Gasteiger partial charge in [0.1, 0.15) is 11.5 Å². The zero-order valence-corrected chi connectivity index (χ0v) is 17.3. The number of piperidine rings is 1. The van der Waals surface area contributed by atoms with Gasteiger partial charge in [-0.25, -0.2) is 0 Å². The summed E-state index contributed by atoms with van der Waals surface area (Å²) in [5, 5.41) is 10.2. The lowest BCUT2D eigenvalue weighted by Crippen LogP contribution is -2.38. The van der Waals surface area contributed by atoms with Crippen LogP contribution in [-0.4, -0.2) is 41.4 Å². The first-order valence-electron chi connectivity index (χ1n) is 10.9. The molecule has 1 heterocycles. The molecular formula is C23H35NO4. The van der Waals surface area contributed by atoms with Gasteiger partial charge in [-0.05, 0) is 37.8 Å². The topological polar surface area (TPSA) is 66.8 Å². The Bertz CT molecular complexity index is 623. The van der Waals surface area contributed by atoms with Gasteiger partial charge in [0.2, 0.25) is 0 Å². The molecule has 5 heteroatoms. The lowest BCUT2D eigenvalue weighted by atomic mass is 10.0. The minimum Gasteiger partial charge on any atom is -0.507 e. The van der Waals surface area contributed by atoms with E-state index in [9.17, 15) is 14.7 Å². The summed E-state index contributed by atoms with van der Waals surface area (Å²) in [6.45, 7) is 3.75. The maximum absolute atomic E-state index is 12.3. The Balaban J connectivity index is 1.73. The summed E-state index contributed by atoms with van der Waals surface area (Å²) in [4.78, 5) is 26.3. The maximum atomic E-state index is 12.3.